The summed E-state index contributed by atoms with van der Waals surface area (Å²) in [5.74, 6) is 0.244. The third-order valence-corrected chi connectivity index (χ3v) is 5.22. The third-order valence-electron chi connectivity index (χ3n) is 5.22. The topological polar surface area (TPSA) is 76.6 Å². The number of ether oxygens (including phenoxy) is 2. The Morgan fingerprint density at radius 2 is 1.88 bits per heavy atom. The molecule has 1 spiro atoms. The first-order valence-electron chi connectivity index (χ1n) is 8.90. The van der Waals surface area contributed by atoms with Gasteiger partial charge in [0.15, 0.2) is 5.79 Å². The molecule has 1 aliphatic carbocycles. The zero-order valence-electron chi connectivity index (χ0n) is 13.9. The predicted octanol–water partition coefficient (Wildman–Crippen LogP) is 1.81. The Balaban J connectivity index is 1.39. The second kappa shape index (κ2) is 6.64. The Morgan fingerprint density at radius 1 is 1.17 bits per heavy atom. The molecule has 3 aliphatic rings. The number of anilines is 1. The van der Waals surface area contributed by atoms with Gasteiger partial charge in [0.2, 0.25) is 0 Å². The van der Waals surface area contributed by atoms with E-state index in [4.69, 9.17) is 9.47 Å². The molecule has 1 aromatic rings. The number of carbonyl (C=O) groups is 1. The molecule has 2 saturated heterocycles. The fourth-order valence-electron chi connectivity index (χ4n) is 3.83. The molecular weight excluding hydrogens is 308 g/mol. The van der Waals surface area contributed by atoms with Crippen molar-refractivity contribution >= 4 is 11.7 Å². The first-order chi connectivity index (χ1) is 11.7. The van der Waals surface area contributed by atoms with E-state index in [-0.39, 0.29) is 5.91 Å². The minimum Gasteiger partial charge on any atom is -0.367 e. The predicted molar refractivity (Wildman–Crippen MR) is 87.7 cm³/mol. The summed E-state index contributed by atoms with van der Waals surface area (Å²) in [5.41, 5.74) is 0.453. The molecule has 0 radical (unpaired) electrons. The van der Waals surface area contributed by atoms with E-state index >= 15 is 0 Å². The maximum atomic E-state index is 12.7. The van der Waals surface area contributed by atoms with Gasteiger partial charge in [-0.25, -0.2) is 9.97 Å². The van der Waals surface area contributed by atoms with Crippen LogP contribution in [0.15, 0.2) is 12.4 Å². The van der Waals surface area contributed by atoms with Crippen LogP contribution in [0.3, 0.4) is 0 Å². The highest BCUT2D eigenvalue weighted by atomic mass is 16.7. The molecule has 0 atom stereocenters. The van der Waals surface area contributed by atoms with Gasteiger partial charge in [-0.15, -0.1) is 0 Å². The fourth-order valence-corrected chi connectivity index (χ4v) is 3.83. The average Bonchev–Trinajstić information content (AvgIpc) is 3.28. The summed E-state index contributed by atoms with van der Waals surface area (Å²) in [6.07, 6.45) is 7.76. The second-order valence-electron chi connectivity index (χ2n) is 6.81. The lowest BCUT2D eigenvalue weighted by Crippen LogP contribution is -2.47. The molecule has 0 bridgehead atoms. The van der Waals surface area contributed by atoms with Gasteiger partial charge >= 0.3 is 0 Å². The van der Waals surface area contributed by atoms with Gasteiger partial charge in [-0.1, -0.05) is 12.8 Å². The molecule has 24 heavy (non-hydrogen) atoms. The number of hydrogen-bond acceptors (Lipinski definition) is 6. The van der Waals surface area contributed by atoms with E-state index in [2.05, 4.69) is 15.3 Å². The van der Waals surface area contributed by atoms with Crippen LogP contribution in [0.4, 0.5) is 5.82 Å². The van der Waals surface area contributed by atoms with Crippen LogP contribution in [0.1, 0.15) is 49.0 Å². The van der Waals surface area contributed by atoms with Crippen LogP contribution in [0, 0.1) is 0 Å². The number of piperidine rings is 1. The number of aromatic nitrogens is 2. The highest BCUT2D eigenvalue weighted by Crippen LogP contribution is 2.31. The van der Waals surface area contributed by atoms with Crippen molar-refractivity contribution in [3.8, 4) is 0 Å². The van der Waals surface area contributed by atoms with Crippen molar-refractivity contribution in [3.63, 3.8) is 0 Å². The molecule has 4 rings (SSSR count). The van der Waals surface area contributed by atoms with Crippen molar-refractivity contribution in [1.29, 1.82) is 0 Å². The van der Waals surface area contributed by atoms with Gasteiger partial charge in [0.25, 0.3) is 5.91 Å². The third kappa shape index (κ3) is 3.23. The number of hydrogen-bond donors (Lipinski definition) is 1. The van der Waals surface area contributed by atoms with Crippen molar-refractivity contribution < 1.29 is 14.3 Å². The summed E-state index contributed by atoms with van der Waals surface area (Å²) in [5, 5.41) is 3.42. The van der Waals surface area contributed by atoms with Crippen LogP contribution in [-0.2, 0) is 9.47 Å². The van der Waals surface area contributed by atoms with E-state index in [1.807, 2.05) is 4.90 Å². The Labute approximate surface area is 141 Å². The summed E-state index contributed by atoms with van der Waals surface area (Å²) < 4.78 is 11.4. The van der Waals surface area contributed by atoms with E-state index in [9.17, 15) is 4.79 Å². The molecule has 7 nitrogen and oxygen atoms in total. The van der Waals surface area contributed by atoms with Gasteiger partial charge in [-0.05, 0) is 12.8 Å². The van der Waals surface area contributed by atoms with Gasteiger partial charge < -0.3 is 19.7 Å². The van der Waals surface area contributed by atoms with E-state index in [0.29, 0.717) is 38.0 Å². The van der Waals surface area contributed by atoms with Crippen LogP contribution in [0.2, 0.25) is 0 Å². The highest BCUT2D eigenvalue weighted by molar-refractivity contribution is 5.93. The van der Waals surface area contributed by atoms with Crippen LogP contribution in [-0.4, -0.2) is 58.9 Å². The molecule has 2 aliphatic heterocycles. The van der Waals surface area contributed by atoms with Crippen molar-refractivity contribution in [3.05, 3.63) is 18.1 Å². The lowest BCUT2D eigenvalue weighted by atomic mass is 10.0. The molecule has 0 aromatic carbocycles. The minimum atomic E-state index is -0.461. The summed E-state index contributed by atoms with van der Waals surface area (Å²) in [6.45, 7) is 2.56. The van der Waals surface area contributed by atoms with Gasteiger partial charge in [0, 0.05) is 38.0 Å². The zero-order chi connectivity index (χ0) is 16.4. The SMILES string of the molecule is O=C(c1cc(NC2CCCC2)ncn1)N1CCC2(CC1)OCCO2. The summed E-state index contributed by atoms with van der Waals surface area (Å²) in [6, 6.07) is 2.24. The highest BCUT2D eigenvalue weighted by Gasteiger charge is 2.41. The molecule has 1 aromatic heterocycles. The first-order valence-corrected chi connectivity index (χ1v) is 8.90. The van der Waals surface area contributed by atoms with Gasteiger partial charge in [0.1, 0.15) is 17.8 Å². The molecule has 1 N–H and O–H groups in total. The maximum Gasteiger partial charge on any atom is 0.272 e. The van der Waals surface area contributed by atoms with Crippen molar-refractivity contribution in [2.24, 2.45) is 0 Å². The molecule has 0 unspecified atom stereocenters. The number of nitrogens with one attached hydrogen (secondary N) is 1. The Bertz CT molecular complexity index is 587. The van der Waals surface area contributed by atoms with E-state index in [1.54, 1.807) is 6.07 Å². The van der Waals surface area contributed by atoms with Gasteiger partial charge in [-0.3, -0.25) is 4.79 Å². The summed E-state index contributed by atoms with van der Waals surface area (Å²) >= 11 is 0. The van der Waals surface area contributed by atoms with Gasteiger partial charge in [0.05, 0.1) is 13.2 Å². The lowest BCUT2D eigenvalue weighted by molar-refractivity contribution is -0.181. The molecule has 1 saturated carbocycles. The van der Waals surface area contributed by atoms with E-state index in [0.717, 1.165) is 18.7 Å². The molecule has 130 valence electrons. The van der Waals surface area contributed by atoms with Crippen molar-refractivity contribution in [2.75, 3.05) is 31.6 Å². The van der Waals surface area contributed by atoms with E-state index < -0.39 is 5.79 Å². The standard InChI is InChI=1S/C17H24N4O3/c22-16(21-7-5-17(6-8-21)23-9-10-24-17)14-11-15(19-12-18-14)20-13-3-1-2-4-13/h11-13H,1-10H2,(H,18,19,20). The zero-order valence-corrected chi connectivity index (χ0v) is 13.9. The first kappa shape index (κ1) is 15.8. The largest absolute Gasteiger partial charge is 0.367 e. The molecular formula is C17H24N4O3. The van der Waals surface area contributed by atoms with E-state index in [1.165, 1.54) is 32.0 Å². The average molecular weight is 332 g/mol. The number of rotatable bonds is 3. The summed E-state index contributed by atoms with van der Waals surface area (Å²) in [7, 11) is 0. The normalized spacial score (nSPS) is 23.8. The van der Waals surface area contributed by atoms with Crippen LogP contribution >= 0.6 is 0 Å². The molecule has 7 heteroatoms. The monoisotopic (exact) mass is 332 g/mol. The van der Waals surface area contributed by atoms with Crippen LogP contribution in [0.5, 0.6) is 0 Å². The van der Waals surface area contributed by atoms with Crippen molar-refractivity contribution in [2.45, 2.75) is 50.4 Å². The summed E-state index contributed by atoms with van der Waals surface area (Å²) in [4.78, 5) is 23.0. The maximum absolute atomic E-state index is 12.7. The number of carbonyl (C=O) groups excluding carboxylic acids is 1. The minimum absolute atomic E-state index is 0.0419. The Morgan fingerprint density at radius 3 is 2.58 bits per heavy atom. The Kier molecular flexibility index (Phi) is 4.37. The number of nitrogens with zero attached hydrogens (tertiary/aromatic N) is 3. The quantitative estimate of drug-likeness (QED) is 0.910. The smallest absolute Gasteiger partial charge is 0.272 e. The lowest BCUT2D eigenvalue weighted by Gasteiger charge is -2.37. The number of amides is 1. The molecule has 3 heterocycles. The van der Waals surface area contributed by atoms with Crippen LogP contribution < -0.4 is 5.32 Å². The van der Waals surface area contributed by atoms with Crippen molar-refractivity contribution in [1.82, 2.24) is 14.9 Å². The van der Waals surface area contributed by atoms with Gasteiger partial charge in [-0.2, -0.15) is 0 Å². The van der Waals surface area contributed by atoms with Crippen LogP contribution in [0.25, 0.3) is 0 Å². The molecule has 3 fully saturated rings. The molecule has 1 amide bonds. The fraction of sp³-hybridized carbons (Fsp3) is 0.706. The Hall–Kier alpha value is -1.73. The number of likely N-dealkylation sites (tertiary alicyclic amines) is 1. The second-order valence-corrected chi connectivity index (χ2v) is 6.81.